The lowest BCUT2D eigenvalue weighted by Gasteiger charge is -2.13. The van der Waals surface area contributed by atoms with Crippen molar-refractivity contribution < 1.29 is 0 Å². The molecule has 1 aromatic rings. The van der Waals surface area contributed by atoms with Gasteiger partial charge in [0.05, 0.1) is 0 Å². The van der Waals surface area contributed by atoms with Crippen molar-refractivity contribution in [3.63, 3.8) is 0 Å². The van der Waals surface area contributed by atoms with Gasteiger partial charge in [-0.2, -0.15) is 11.8 Å². The van der Waals surface area contributed by atoms with Gasteiger partial charge in [-0.1, -0.05) is 37.3 Å². The Morgan fingerprint density at radius 1 is 1.21 bits per heavy atom. The van der Waals surface area contributed by atoms with Crippen LogP contribution in [-0.2, 0) is 5.75 Å². The molecule has 78 valence electrons. The average Bonchev–Trinajstić information content (AvgIpc) is 2.15. The van der Waals surface area contributed by atoms with Crippen molar-refractivity contribution in [3.8, 4) is 0 Å². The fraction of sp³-hybridized carbons (Fsp3) is 0.500. The zero-order valence-electron chi connectivity index (χ0n) is 8.94. The lowest BCUT2D eigenvalue weighted by atomic mass is 10.2. The Labute approximate surface area is 91.1 Å². The molecule has 2 N–H and O–H groups in total. The maximum absolute atomic E-state index is 5.75. The summed E-state index contributed by atoms with van der Waals surface area (Å²) in [6.07, 6.45) is 1.09. The molecule has 0 amide bonds. The highest BCUT2D eigenvalue weighted by Crippen LogP contribution is 2.20. The Balaban J connectivity index is 2.27. The third-order valence-electron chi connectivity index (χ3n) is 2.08. The van der Waals surface area contributed by atoms with Crippen LogP contribution in [0.25, 0.3) is 0 Å². The van der Waals surface area contributed by atoms with Gasteiger partial charge in [0.25, 0.3) is 0 Å². The maximum Gasteiger partial charge on any atom is 0.0187 e. The van der Waals surface area contributed by atoms with Crippen molar-refractivity contribution in [2.24, 2.45) is 5.73 Å². The number of thioether (sulfide) groups is 1. The molecule has 2 atom stereocenters. The van der Waals surface area contributed by atoms with E-state index >= 15 is 0 Å². The third kappa shape index (κ3) is 4.68. The van der Waals surface area contributed by atoms with Crippen molar-refractivity contribution in [2.75, 3.05) is 0 Å². The molecule has 0 fully saturated rings. The van der Waals surface area contributed by atoms with Crippen LogP contribution in [0.5, 0.6) is 0 Å². The summed E-state index contributed by atoms with van der Waals surface area (Å²) in [7, 11) is 0. The highest BCUT2D eigenvalue weighted by atomic mass is 32.2. The standard InChI is InChI=1S/C12H19NS/c1-10(13)8-11(2)14-9-12-6-4-3-5-7-12/h3-7,10-11H,8-9,13H2,1-2H3. The van der Waals surface area contributed by atoms with Crippen LogP contribution in [0.3, 0.4) is 0 Å². The van der Waals surface area contributed by atoms with Crippen LogP contribution in [0.2, 0.25) is 0 Å². The van der Waals surface area contributed by atoms with Gasteiger partial charge in [-0.3, -0.25) is 0 Å². The Kier molecular flexibility index (Phi) is 5.05. The van der Waals surface area contributed by atoms with Gasteiger partial charge in [0.15, 0.2) is 0 Å². The van der Waals surface area contributed by atoms with Crippen LogP contribution in [0.1, 0.15) is 25.8 Å². The summed E-state index contributed by atoms with van der Waals surface area (Å²) in [5.74, 6) is 1.09. The molecule has 0 spiro atoms. The fourth-order valence-electron chi connectivity index (χ4n) is 1.40. The van der Waals surface area contributed by atoms with Crippen LogP contribution >= 0.6 is 11.8 Å². The summed E-state index contributed by atoms with van der Waals surface area (Å²) in [6.45, 7) is 4.32. The first-order valence-electron chi connectivity index (χ1n) is 5.09. The molecule has 2 heteroatoms. The molecule has 2 unspecified atom stereocenters. The summed E-state index contributed by atoms with van der Waals surface area (Å²) in [5.41, 5.74) is 7.15. The topological polar surface area (TPSA) is 26.0 Å². The summed E-state index contributed by atoms with van der Waals surface area (Å²) >= 11 is 1.98. The van der Waals surface area contributed by atoms with Crippen molar-refractivity contribution in [1.29, 1.82) is 0 Å². The van der Waals surface area contributed by atoms with E-state index in [4.69, 9.17) is 5.73 Å². The molecule has 0 aliphatic carbocycles. The Bertz CT molecular complexity index is 246. The second kappa shape index (κ2) is 6.10. The first-order valence-corrected chi connectivity index (χ1v) is 6.14. The van der Waals surface area contributed by atoms with Gasteiger partial charge in [0.1, 0.15) is 0 Å². The van der Waals surface area contributed by atoms with E-state index in [2.05, 4.69) is 44.2 Å². The van der Waals surface area contributed by atoms with Crippen molar-refractivity contribution in [3.05, 3.63) is 35.9 Å². The van der Waals surface area contributed by atoms with E-state index in [0.717, 1.165) is 12.2 Å². The van der Waals surface area contributed by atoms with Gasteiger partial charge in [0.2, 0.25) is 0 Å². The Hall–Kier alpha value is -0.470. The van der Waals surface area contributed by atoms with E-state index in [-0.39, 0.29) is 0 Å². The van der Waals surface area contributed by atoms with E-state index < -0.39 is 0 Å². The summed E-state index contributed by atoms with van der Waals surface area (Å²) < 4.78 is 0. The molecule has 0 aliphatic rings. The van der Waals surface area contributed by atoms with Crippen LogP contribution in [0.4, 0.5) is 0 Å². The SMILES string of the molecule is CC(N)CC(C)SCc1ccccc1. The van der Waals surface area contributed by atoms with Crippen molar-refractivity contribution in [2.45, 2.75) is 37.3 Å². The minimum atomic E-state index is 0.313. The van der Waals surface area contributed by atoms with Crippen molar-refractivity contribution in [1.82, 2.24) is 0 Å². The Morgan fingerprint density at radius 3 is 2.43 bits per heavy atom. The summed E-state index contributed by atoms with van der Waals surface area (Å²) in [6, 6.07) is 10.9. The monoisotopic (exact) mass is 209 g/mol. The molecule has 1 aromatic carbocycles. The number of nitrogens with two attached hydrogens (primary N) is 1. The summed E-state index contributed by atoms with van der Waals surface area (Å²) in [5, 5.41) is 0.648. The van der Waals surface area contributed by atoms with E-state index in [1.165, 1.54) is 5.56 Å². The first-order chi connectivity index (χ1) is 6.68. The quantitative estimate of drug-likeness (QED) is 0.806. The normalized spacial score (nSPS) is 15.1. The molecule has 1 rings (SSSR count). The van der Waals surface area contributed by atoms with Crippen molar-refractivity contribution >= 4 is 11.8 Å². The first kappa shape index (κ1) is 11.6. The number of hydrogen-bond acceptors (Lipinski definition) is 2. The van der Waals surface area contributed by atoms with Crippen LogP contribution in [0.15, 0.2) is 30.3 Å². The van der Waals surface area contributed by atoms with Gasteiger partial charge >= 0.3 is 0 Å². The van der Waals surface area contributed by atoms with E-state index in [1.54, 1.807) is 0 Å². The molecule has 0 radical (unpaired) electrons. The lowest BCUT2D eigenvalue weighted by Crippen LogP contribution is -2.19. The van der Waals surface area contributed by atoms with Crippen LogP contribution in [0, 0.1) is 0 Å². The number of rotatable bonds is 5. The van der Waals surface area contributed by atoms with Crippen LogP contribution < -0.4 is 5.73 Å². The molecule has 14 heavy (non-hydrogen) atoms. The molecule has 0 aliphatic heterocycles. The number of hydrogen-bond donors (Lipinski definition) is 1. The zero-order valence-corrected chi connectivity index (χ0v) is 9.76. The minimum Gasteiger partial charge on any atom is -0.328 e. The number of benzene rings is 1. The Morgan fingerprint density at radius 2 is 1.86 bits per heavy atom. The zero-order chi connectivity index (χ0) is 10.4. The van der Waals surface area contributed by atoms with Gasteiger partial charge < -0.3 is 5.73 Å². The predicted octanol–water partition coefficient (Wildman–Crippen LogP) is 3.05. The second-order valence-electron chi connectivity index (χ2n) is 3.82. The molecule has 0 heterocycles. The van der Waals surface area contributed by atoms with E-state index in [9.17, 15) is 0 Å². The predicted molar refractivity (Wildman–Crippen MR) is 65.5 cm³/mol. The lowest BCUT2D eigenvalue weighted by molar-refractivity contribution is 0.663. The van der Waals surface area contributed by atoms with E-state index in [1.807, 2.05) is 11.8 Å². The highest BCUT2D eigenvalue weighted by Gasteiger charge is 2.05. The average molecular weight is 209 g/mol. The van der Waals surface area contributed by atoms with Gasteiger partial charge in [-0.15, -0.1) is 0 Å². The van der Waals surface area contributed by atoms with Gasteiger partial charge in [-0.25, -0.2) is 0 Å². The maximum atomic E-state index is 5.75. The van der Waals surface area contributed by atoms with E-state index in [0.29, 0.717) is 11.3 Å². The molecular weight excluding hydrogens is 190 g/mol. The molecule has 0 saturated heterocycles. The molecule has 0 saturated carbocycles. The smallest absolute Gasteiger partial charge is 0.0187 e. The highest BCUT2D eigenvalue weighted by molar-refractivity contribution is 7.99. The van der Waals surface area contributed by atoms with Gasteiger partial charge in [-0.05, 0) is 18.9 Å². The second-order valence-corrected chi connectivity index (χ2v) is 5.25. The molecular formula is C12H19NS. The van der Waals surface area contributed by atoms with Crippen LogP contribution in [-0.4, -0.2) is 11.3 Å². The minimum absolute atomic E-state index is 0.313. The third-order valence-corrected chi connectivity index (χ3v) is 3.34. The summed E-state index contributed by atoms with van der Waals surface area (Å²) in [4.78, 5) is 0. The molecule has 1 nitrogen and oxygen atoms in total. The molecule has 0 bridgehead atoms. The van der Waals surface area contributed by atoms with Gasteiger partial charge in [0, 0.05) is 17.0 Å². The fourth-order valence-corrected chi connectivity index (χ4v) is 2.51. The molecule has 0 aromatic heterocycles. The largest absolute Gasteiger partial charge is 0.328 e.